The highest BCUT2D eigenvalue weighted by molar-refractivity contribution is 6.17. The molecule has 0 radical (unpaired) electrons. The molecule has 16 aromatic carbocycles. The summed E-state index contributed by atoms with van der Waals surface area (Å²) in [4.78, 5) is 0. The van der Waals surface area contributed by atoms with Crippen LogP contribution in [0.25, 0.3) is 154 Å². The maximum Gasteiger partial charge on any atom is 0.0570 e. The Labute approximate surface area is 607 Å². The Kier molecular flexibility index (Phi) is 17.3. The summed E-state index contributed by atoms with van der Waals surface area (Å²) in [6.07, 6.45) is 0. The van der Waals surface area contributed by atoms with Gasteiger partial charge in [0, 0.05) is 65.8 Å². The normalized spacial score (nSPS) is 11.3. The van der Waals surface area contributed by atoms with Crippen molar-refractivity contribution in [3.63, 3.8) is 0 Å². The first kappa shape index (κ1) is 64.1. The fourth-order valence-electron chi connectivity index (χ4n) is 15.5. The molecule has 0 aliphatic carbocycles. The SMILES string of the molecule is Cc1ccc2c(c1)c1cc(-c3ccccc3)ccc1n2-c1ccccc1.Cc1ccc2c3cc(-c4ccccc4)ccc3n(-c3ccccc3)c2c1.Cc1cccc2c1c1cc(-c3ccccc3)ccc1n2-c1ccccc1.Cc1cccc2c3c(-c4ccccc4)cccc3n(-c3ccccc3)c12. The Morgan fingerprint density at radius 1 is 0.173 bits per heavy atom. The maximum atomic E-state index is 2.40. The molecule has 4 nitrogen and oxygen atoms in total. The van der Waals surface area contributed by atoms with Crippen LogP contribution in [-0.4, -0.2) is 18.3 Å². The van der Waals surface area contributed by atoms with Crippen molar-refractivity contribution in [1.82, 2.24) is 18.3 Å². The van der Waals surface area contributed by atoms with Gasteiger partial charge in [0.2, 0.25) is 0 Å². The van der Waals surface area contributed by atoms with Crippen LogP contribution in [0.3, 0.4) is 0 Å². The summed E-state index contributed by atoms with van der Waals surface area (Å²) in [7, 11) is 0. The summed E-state index contributed by atoms with van der Waals surface area (Å²) < 4.78 is 9.49. The number of fused-ring (bicyclic) bond motifs is 12. The third kappa shape index (κ3) is 12.1. The molecule has 496 valence electrons. The van der Waals surface area contributed by atoms with E-state index >= 15 is 0 Å². The molecular weight excluding hydrogens is 1260 g/mol. The third-order valence-electron chi connectivity index (χ3n) is 20.3. The zero-order valence-electron chi connectivity index (χ0n) is 58.7. The van der Waals surface area contributed by atoms with Crippen LogP contribution in [0.1, 0.15) is 22.3 Å². The van der Waals surface area contributed by atoms with Crippen molar-refractivity contribution in [1.29, 1.82) is 0 Å². The molecule has 0 atom stereocenters. The summed E-state index contributed by atoms with van der Waals surface area (Å²) in [6.45, 7) is 8.71. The van der Waals surface area contributed by atoms with Crippen molar-refractivity contribution in [2.24, 2.45) is 0 Å². The zero-order chi connectivity index (χ0) is 70.0. The van der Waals surface area contributed by atoms with Crippen molar-refractivity contribution in [3.05, 3.63) is 411 Å². The predicted octanol–water partition coefficient (Wildman–Crippen LogP) is 27.0. The van der Waals surface area contributed by atoms with Crippen molar-refractivity contribution in [2.75, 3.05) is 0 Å². The molecule has 20 aromatic rings. The van der Waals surface area contributed by atoms with Crippen LogP contribution in [0.4, 0.5) is 0 Å². The molecule has 0 amide bonds. The van der Waals surface area contributed by atoms with E-state index in [0.29, 0.717) is 0 Å². The second-order valence-corrected chi connectivity index (χ2v) is 27.0. The van der Waals surface area contributed by atoms with Crippen LogP contribution >= 0.6 is 0 Å². The number of hydrogen-bond acceptors (Lipinski definition) is 0. The topological polar surface area (TPSA) is 19.7 Å². The van der Waals surface area contributed by atoms with Gasteiger partial charge in [-0.3, -0.25) is 0 Å². The summed E-state index contributed by atoms with van der Waals surface area (Å²) >= 11 is 0. The van der Waals surface area contributed by atoms with E-state index in [0.717, 1.165) is 0 Å². The number of nitrogens with zero attached hydrogens (tertiary/aromatic N) is 4. The van der Waals surface area contributed by atoms with Gasteiger partial charge in [0.25, 0.3) is 0 Å². The monoisotopic (exact) mass is 1330 g/mol. The fourth-order valence-corrected chi connectivity index (χ4v) is 15.5. The van der Waals surface area contributed by atoms with Crippen molar-refractivity contribution in [3.8, 4) is 67.3 Å². The van der Waals surface area contributed by atoms with E-state index in [1.165, 1.54) is 177 Å². The van der Waals surface area contributed by atoms with E-state index in [1.54, 1.807) is 0 Å². The van der Waals surface area contributed by atoms with Crippen molar-refractivity contribution in [2.45, 2.75) is 27.7 Å². The quantitative estimate of drug-likeness (QED) is 0.144. The summed E-state index contributed by atoms with van der Waals surface area (Å²) in [5.74, 6) is 0. The molecule has 0 spiro atoms. The highest BCUT2D eigenvalue weighted by Gasteiger charge is 2.20. The van der Waals surface area contributed by atoms with Crippen LogP contribution < -0.4 is 0 Å². The number of benzene rings is 16. The minimum absolute atomic E-state index is 1.20. The number of aryl methyl sites for hydroxylation is 4. The van der Waals surface area contributed by atoms with Gasteiger partial charge in [-0.25, -0.2) is 0 Å². The van der Waals surface area contributed by atoms with E-state index in [9.17, 15) is 0 Å². The molecule has 20 rings (SSSR count). The van der Waals surface area contributed by atoms with Gasteiger partial charge in [-0.1, -0.05) is 279 Å². The first-order valence-electron chi connectivity index (χ1n) is 35.9. The highest BCUT2D eigenvalue weighted by Crippen LogP contribution is 2.42. The molecule has 0 aliphatic heterocycles. The number of para-hydroxylation sites is 5. The minimum Gasteiger partial charge on any atom is -0.309 e. The van der Waals surface area contributed by atoms with Crippen molar-refractivity contribution < 1.29 is 0 Å². The van der Waals surface area contributed by atoms with E-state index in [4.69, 9.17) is 0 Å². The molecule has 4 heteroatoms. The molecule has 0 bridgehead atoms. The smallest absolute Gasteiger partial charge is 0.0570 e. The largest absolute Gasteiger partial charge is 0.309 e. The molecule has 104 heavy (non-hydrogen) atoms. The van der Waals surface area contributed by atoms with Gasteiger partial charge in [-0.15, -0.1) is 0 Å². The fraction of sp³-hybridized carbons (Fsp3) is 0.0400. The molecule has 0 aliphatic rings. The number of hydrogen-bond donors (Lipinski definition) is 0. The van der Waals surface area contributed by atoms with E-state index in [-0.39, 0.29) is 0 Å². The first-order valence-corrected chi connectivity index (χ1v) is 35.9. The second-order valence-electron chi connectivity index (χ2n) is 27.0. The Morgan fingerprint density at radius 2 is 0.519 bits per heavy atom. The van der Waals surface area contributed by atoms with Gasteiger partial charge in [-0.2, -0.15) is 0 Å². The number of aromatic nitrogens is 4. The minimum atomic E-state index is 1.20. The maximum absolute atomic E-state index is 2.40. The van der Waals surface area contributed by atoms with E-state index in [2.05, 4.69) is 434 Å². The molecule has 0 saturated heterocycles. The Morgan fingerprint density at radius 3 is 1.02 bits per heavy atom. The summed E-state index contributed by atoms with van der Waals surface area (Å²) in [5, 5.41) is 10.5. The Hall–Kier alpha value is -13.3. The number of rotatable bonds is 8. The standard InChI is InChI=1S/4C25H19N/c1-18-10-8-16-22-24-21(19-11-4-2-5-12-19)15-9-17-23(24)26(25(18)22)20-13-6-3-7-14-20;1-18-9-8-14-24-25(18)22-17-20(19-10-4-2-5-11-19)15-16-23(22)26(24)21-12-6-3-7-13-21;1-18-12-14-24-22(16-18)23-17-20(19-8-4-2-5-9-19)13-15-25(23)26(24)21-10-6-3-7-11-21;1-18-12-14-22-23-17-20(19-8-4-2-5-9-19)13-15-24(23)26(25(22)16-18)21-10-6-3-7-11-21/h4*2-17H,1H3. The van der Waals surface area contributed by atoms with Crippen LogP contribution in [0.15, 0.2) is 388 Å². The zero-order valence-corrected chi connectivity index (χ0v) is 58.7. The lowest BCUT2D eigenvalue weighted by Gasteiger charge is -2.09. The molecule has 4 heterocycles. The lowest BCUT2D eigenvalue weighted by molar-refractivity contribution is 1.17. The molecule has 0 fully saturated rings. The molecule has 0 unspecified atom stereocenters. The van der Waals surface area contributed by atoms with Gasteiger partial charge in [0.15, 0.2) is 0 Å². The van der Waals surface area contributed by atoms with E-state index in [1.807, 2.05) is 0 Å². The average Bonchev–Trinajstić information content (AvgIpc) is 1.59. The van der Waals surface area contributed by atoms with Gasteiger partial charge < -0.3 is 18.3 Å². The summed E-state index contributed by atoms with van der Waals surface area (Å²) in [6, 6.07) is 139. The second kappa shape index (κ2) is 28.0. The first-order chi connectivity index (χ1) is 51.3. The van der Waals surface area contributed by atoms with Gasteiger partial charge in [-0.05, 0) is 204 Å². The predicted molar refractivity (Wildman–Crippen MR) is 444 cm³/mol. The van der Waals surface area contributed by atoms with Gasteiger partial charge >= 0.3 is 0 Å². The lowest BCUT2D eigenvalue weighted by Crippen LogP contribution is -1.94. The van der Waals surface area contributed by atoms with Crippen LogP contribution in [0.2, 0.25) is 0 Å². The van der Waals surface area contributed by atoms with Crippen LogP contribution in [0, 0.1) is 27.7 Å². The van der Waals surface area contributed by atoms with Gasteiger partial charge in [0.05, 0.1) is 44.1 Å². The Balaban J connectivity index is 0.000000103. The third-order valence-corrected chi connectivity index (χ3v) is 20.3. The van der Waals surface area contributed by atoms with Crippen LogP contribution in [-0.2, 0) is 0 Å². The molecule has 4 aromatic heterocycles. The molecular formula is C100H76N4. The molecule has 0 N–H and O–H groups in total. The van der Waals surface area contributed by atoms with Crippen LogP contribution in [0.5, 0.6) is 0 Å². The lowest BCUT2D eigenvalue weighted by atomic mass is 9.99. The van der Waals surface area contributed by atoms with E-state index < -0.39 is 0 Å². The average molecular weight is 1330 g/mol. The Bertz CT molecular complexity index is 6400. The van der Waals surface area contributed by atoms with Gasteiger partial charge in [0.1, 0.15) is 0 Å². The molecule has 0 saturated carbocycles. The highest BCUT2D eigenvalue weighted by atomic mass is 15.0. The van der Waals surface area contributed by atoms with Crippen molar-refractivity contribution >= 4 is 87.2 Å². The summed E-state index contributed by atoms with van der Waals surface area (Å²) in [5.41, 5.74) is 30.1.